The van der Waals surface area contributed by atoms with E-state index < -0.39 is 10.1 Å². The molecule has 0 bridgehead atoms. The van der Waals surface area contributed by atoms with Crippen LogP contribution in [0.5, 0.6) is 5.75 Å². The van der Waals surface area contributed by atoms with E-state index in [1.807, 2.05) is 0 Å². The van der Waals surface area contributed by atoms with E-state index in [2.05, 4.69) is 0 Å². The molecule has 0 saturated heterocycles. The summed E-state index contributed by atoms with van der Waals surface area (Å²) >= 11 is 0. The van der Waals surface area contributed by atoms with Crippen molar-refractivity contribution in [1.82, 2.24) is 0 Å². The topological polar surface area (TPSA) is 66.4 Å². The normalized spacial score (nSPS) is 10.7. The van der Waals surface area contributed by atoms with E-state index >= 15 is 0 Å². The van der Waals surface area contributed by atoms with Crippen LogP contribution in [-0.4, -0.2) is 20.1 Å². The van der Waals surface area contributed by atoms with Crippen molar-refractivity contribution in [2.45, 2.75) is 18.7 Å². The molecule has 4 nitrogen and oxygen atoms in total. The van der Waals surface area contributed by atoms with Gasteiger partial charge in [0.15, 0.2) is 0 Å². The minimum atomic E-state index is -4.38. The predicted molar refractivity (Wildman–Crippen MR) is 50.4 cm³/mol. The number of rotatable bonds is 2. The summed E-state index contributed by atoms with van der Waals surface area (Å²) < 4.78 is 37.3. The van der Waals surface area contributed by atoms with Gasteiger partial charge in [-0.15, -0.1) is 0 Å². The maximum Gasteiger partial charge on any atom is 1.00 e. The van der Waals surface area contributed by atoms with E-state index in [1.165, 1.54) is 19.2 Å². The van der Waals surface area contributed by atoms with Gasteiger partial charge in [-0.1, -0.05) is 0 Å². The molecule has 15 heavy (non-hydrogen) atoms. The minimum absolute atomic E-state index is 0. The number of benzene rings is 1. The smallest absolute Gasteiger partial charge is 0.744 e. The molecule has 0 spiro atoms. The fourth-order valence-electron chi connectivity index (χ4n) is 1.38. The van der Waals surface area contributed by atoms with Crippen molar-refractivity contribution in [3.05, 3.63) is 23.3 Å². The second kappa shape index (κ2) is 5.32. The molecule has 0 aromatic heterocycles. The van der Waals surface area contributed by atoms with Crippen LogP contribution in [0.2, 0.25) is 0 Å². The number of hydrogen-bond acceptors (Lipinski definition) is 4. The first kappa shape index (κ1) is 14.9. The van der Waals surface area contributed by atoms with Crippen molar-refractivity contribution in [2.24, 2.45) is 0 Å². The maximum absolute atomic E-state index is 10.7. The summed E-state index contributed by atoms with van der Waals surface area (Å²) in [4.78, 5) is -0.215. The number of methoxy groups -OCH3 is 1. The minimum Gasteiger partial charge on any atom is -0.744 e. The van der Waals surface area contributed by atoms with Gasteiger partial charge >= 0.3 is 29.6 Å². The molecule has 0 amide bonds. The third kappa shape index (κ3) is 3.46. The third-order valence-electron chi connectivity index (χ3n) is 1.93. The van der Waals surface area contributed by atoms with Crippen LogP contribution >= 0.6 is 0 Å². The Kier molecular flexibility index (Phi) is 5.29. The molecule has 1 aromatic rings. The van der Waals surface area contributed by atoms with Gasteiger partial charge in [-0.05, 0) is 37.1 Å². The van der Waals surface area contributed by atoms with Gasteiger partial charge in [0, 0.05) is 0 Å². The van der Waals surface area contributed by atoms with Crippen molar-refractivity contribution in [3.8, 4) is 5.75 Å². The Morgan fingerprint density at radius 1 is 1.20 bits per heavy atom. The molecular weight excluding hydrogens is 227 g/mol. The molecule has 1 rings (SSSR count). The van der Waals surface area contributed by atoms with E-state index in [0.717, 1.165) is 0 Å². The molecule has 0 unspecified atom stereocenters. The first-order valence-electron chi connectivity index (χ1n) is 3.97. The van der Waals surface area contributed by atoms with Crippen LogP contribution in [0.1, 0.15) is 11.1 Å². The molecule has 0 fully saturated rings. The Labute approximate surface area is 112 Å². The Morgan fingerprint density at radius 3 is 1.87 bits per heavy atom. The molecule has 78 valence electrons. The molecule has 0 atom stereocenters. The fraction of sp³-hybridized carbons (Fsp3) is 0.333. The number of aryl methyl sites for hydroxylation is 2. The van der Waals surface area contributed by atoms with Crippen LogP contribution in [0.4, 0.5) is 0 Å². The van der Waals surface area contributed by atoms with Gasteiger partial charge in [0.2, 0.25) is 0 Å². The van der Waals surface area contributed by atoms with Gasteiger partial charge < -0.3 is 9.29 Å². The second-order valence-electron chi connectivity index (χ2n) is 3.04. The van der Waals surface area contributed by atoms with E-state index in [9.17, 15) is 13.0 Å². The average Bonchev–Trinajstić information content (AvgIpc) is 2.01. The van der Waals surface area contributed by atoms with E-state index in [0.29, 0.717) is 16.9 Å². The maximum atomic E-state index is 10.7. The Hall–Kier alpha value is -0.0700. The quantitative estimate of drug-likeness (QED) is 0.451. The van der Waals surface area contributed by atoms with Gasteiger partial charge in [-0.25, -0.2) is 8.42 Å². The molecule has 1 aromatic carbocycles. The molecule has 0 saturated carbocycles. The first-order chi connectivity index (χ1) is 6.36. The van der Waals surface area contributed by atoms with Gasteiger partial charge in [-0.2, -0.15) is 0 Å². The summed E-state index contributed by atoms with van der Waals surface area (Å²) in [6, 6.07) is 2.63. The van der Waals surface area contributed by atoms with Crippen molar-refractivity contribution >= 4 is 10.1 Å². The van der Waals surface area contributed by atoms with Gasteiger partial charge in [0.1, 0.15) is 15.9 Å². The van der Waals surface area contributed by atoms with Gasteiger partial charge in [0.25, 0.3) is 0 Å². The van der Waals surface area contributed by atoms with E-state index in [4.69, 9.17) is 4.74 Å². The first-order valence-corrected chi connectivity index (χ1v) is 5.38. The van der Waals surface area contributed by atoms with Crippen molar-refractivity contribution < 1.29 is 47.3 Å². The molecule has 0 aliphatic heterocycles. The summed E-state index contributed by atoms with van der Waals surface area (Å²) in [5.74, 6) is 0.609. The molecule has 0 radical (unpaired) electrons. The van der Waals surface area contributed by atoms with Crippen LogP contribution < -0.4 is 34.3 Å². The molecule has 6 heteroatoms. The van der Waals surface area contributed by atoms with Crippen LogP contribution in [0.3, 0.4) is 0 Å². The Balaban J connectivity index is 0.00000196. The molecular formula is C9H11NaO4S. The van der Waals surface area contributed by atoms with Crippen molar-refractivity contribution in [2.75, 3.05) is 7.11 Å². The monoisotopic (exact) mass is 238 g/mol. The van der Waals surface area contributed by atoms with Crippen molar-refractivity contribution in [1.29, 1.82) is 0 Å². The van der Waals surface area contributed by atoms with Crippen LogP contribution in [0.25, 0.3) is 0 Å². The fourth-order valence-corrected chi connectivity index (χ4v) is 2.02. The largest absolute Gasteiger partial charge is 1.00 e. The number of ether oxygens (including phenoxy) is 1. The van der Waals surface area contributed by atoms with E-state index in [-0.39, 0.29) is 34.5 Å². The third-order valence-corrected chi connectivity index (χ3v) is 2.74. The number of hydrogen-bond donors (Lipinski definition) is 0. The Bertz CT molecular complexity index is 430. The summed E-state index contributed by atoms with van der Waals surface area (Å²) in [6.45, 7) is 3.39. The van der Waals surface area contributed by atoms with Crippen LogP contribution in [0, 0.1) is 13.8 Å². The predicted octanol–water partition coefficient (Wildman–Crippen LogP) is -1.78. The van der Waals surface area contributed by atoms with Gasteiger partial charge in [-0.3, -0.25) is 0 Å². The average molecular weight is 238 g/mol. The SMILES string of the molecule is COc1c(C)cc(S(=O)(=O)[O-])cc1C.[Na+]. The summed E-state index contributed by atoms with van der Waals surface area (Å²) in [5.41, 5.74) is 1.28. The Morgan fingerprint density at radius 2 is 1.60 bits per heavy atom. The molecule has 0 N–H and O–H groups in total. The van der Waals surface area contributed by atoms with Crippen LogP contribution in [-0.2, 0) is 10.1 Å². The molecule has 0 heterocycles. The zero-order valence-corrected chi connectivity index (χ0v) is 12.0. The zero-order chi connectivity index (χ0) is 10.9. The summed E-state index contributed by atoms with van der Waals surface area (Å²) in [5, 5.41) is 0. The van der Waals surface area contributed by atoms with Crippen LogP contribution in [0.15, 0.2) is 17.0 Å². The summed E-state index contributed by atoms with van der Waals surface area (Å²) in [6.07, 6.45) is 0. The molecule has 0 aliphatic carbocycles. The standard InChI is InChI=1S/C9H12O4S.Na/c1-6-4-8(14(10,11)12)5-7(2)9(6)13-3;/h4-5H,1-3H3,(H,10,11,12);/q;+1/p-1. The molecule has 0 aliphatic rings. The second-order valence-corrected chi connectivity index (χ2v) is 4.42. The zero-order valence-electron chi connectivity index (χ0n) is 9.20. The summed E-state index contributed by atoms with van der Waals surface area (Å²) in [7, 11) is -2.88. The van der Waals surface area contributed by atoms with Crippen molar-refractivity contribution in [3.63, 3.8) is 0 Å². The van der Waals surface area contributed by atoms with E-state index in [1.54, 1.807) is 13.8 Å². The van der Waals surface area contributed by atoms with Gasteiger partial charge in [0.05, 0.1) is 12.0 Å².